The fourth-order valence-corrected chi connectivity index (χ4v) is 4.05. The summed E-state index contributed by atoms with van der Waals surface area (Å²) in [5.74, 6) is 1.16. The molecule has 0 radical (unpaired) electrons. The SMILES string of the molecule is CCNC(=NCCCC(=O)N1CCc2ccccc2C1)NC1CCCCC1.I. The van der Waals surface area contributed by atoms with Crippen LogP contribution in [0.3, 0.4) is 0 Å². The van der Waals surface area contributed by atoms with Gasteiger partial charge in [0.05, 0.1) is 0 Å². The number of halogens is 1. The molecular formula is C22H35IN4O. The van der Waals surface area contributed by atoms with Gasteiger partial charge in [-0.25, -0.2) is 0 Å². The Labute approximate surface area is 186 Å². The van der Waals surface area contributed by atoms with Crippen molar-refractivity contribution >= 4 is 35.8 Å². The highest BCUT2D eigenvalue weighted by molar-refractivity contribution is 14.0. The Bertz CT molecular complexity index is 643. The third kappa shape index (κ3) is 6.94. The van der Waals surface area contributed by atoms with Crippen LogP contribution in [0.2, 0.25) is 0 Å². The van der Waals surface area contributed by atoms with Crippen molar-refractivity contribution in [3.05, 3.63) is 35.4 Å². The molecule has 1 heterocycles. The number of rotatable bonds is 6. The molecule has 0 spiro atoms. The molecule has 2 aliphatic rings. The molecule has 0 saturated heterocycles. The number of guanidine groups is 1. The predicted octanol–water partition coefficient (Wildman–Crippen LogP) is 3.86. The fourth-order valence-electron chi connectivity index (χ4n) is 4.05. The molecule has 6 heteroatoms. The van der Waals surface area contributed by atoms with E-state index in [-0.39, 0.29) is 29.9 Å². The van der Waals surface area contributed by atoms with E-state index in [2.05, 4.69) is 46.8 Å². The summed E-state index contributed by atoms with van der Waals surface area (Å²) in [6.07, 6.45) is 8.80. The van der Waals surface area contributed by atoms with Crippen LogP contribution in [0.4, 0.5) is 0 Å². The predicted molar refractivity (Wildman–Crippen MR) is 126 cm³/mol. The Morgan fingerprint density at radius 2 is 1.93 bits per heavy atom. The van der Waals surface area contributed by atoms with Gasteiger partial charge in [-0.1, -0.05) is 43.5 Å². The third-order valence-electron chi connectivity index (χ3n) is 5.59. The lowest BCUT2D eigenvalue weighted by atomic mass is 9.96. The first-order valence-corrected chi connectivity index (χ1v) is 10.7. The van der Waals surface area contributed by atoms with Crippen LogP contribution in [0.1, 0.15) is 63.0 Å². The number of aliphatic imine (C=N–C) groups is 1. The van der Waals surface area contributed by atoms with Gasteiger partial charge in [0, 0.05) is 38.6 Å². The molecule has 1 aromatic carbocycles. The maximum absolute atomic E-state index is 12.5. The van der Waals surface area contributed by atoms with Gasteiger partial charge in [0.2, 0.25) is 5.91 Å². The number of hydrogen-bond donors (Lipinski definition) is 2. The zero-order valence-electron chi connectivity index (χ0n) is 17.1. The van der Waals surface area contributed by atoms with E-state index in [1.807, 2.05) is 4.90 Å². The van der Waals surface area contributed by atoms with Crippen LogP contribution in [-0.2, 0) is 17.8 Å². The summed E-state index contributed by atoms with van der Waals surface area (Å²) < 4.78 is 0. The maximum Gasteiger partial charge on any atom is 0.222 e. The van der Waals surface area contributed by atoms with Crippen molar-refractivity contribution in [1.82, 2.24) is 15.5 Å². The molecular weight excluding hydrogens is 463 g/mol. The Morgan fingerprint density at radius 3 is 2.68 bits per heavy atom. The van der Waals surface area contributed by atoms with Crippen LogP contribution in [0, 0.1) is 0 Å². The second-order valence-electron chi connectivity index (χ2n) is 7.68. The molecule has 156 valence electrons. The quantitative estimate of drug-likeness (QED) is 0.271. The molecule has 3 rings (SSSR count). The molecule has 0 aromatic heterocycles. The van der Waals surface area contributed by atoms with E-state index in [0.717, 1.165) is 38.4 Å². The highest BCUT2D eigenvalue weighted by Gasteiger charge is 2.19. The van der Waals surface area contributed by atoms with E-state index in [4.69, 9.17) is 0 Å². The molecule has 5 nitrogen and oxygen atoms in total. The van der Waals surface area contributed by atoms with E-state index in [1.165, 1.54) is 43.2 Å². The Kier molecular flexibility index (Phi) is 10.1. The highest BCUT2D eigenvalue weighted by Crippen LogP contribution is 2.19. The van der Waals surface area contributed by atoms with E-state index >= 15 is 0 Å². The van der Waals surface area contributed by atoms with E-state index < -0.39 is 0 Å². The molecule has 1 amide bonds. The van der Waals surface area contributed by atoms with Gasteiger partial charge in [0.25, 0.3) is 0 Å². The average Bonchev–Trinajstić information content (AvgIpc) is 2.71. The zero-order valence-corrected chi connectivity index (χ0v) is 19.4. The van der Waals surface area contributed by atoms with Crippen LogP contribution in [-0.4, -0.2) is 42.4 Å². The summed E-state index contributed by atoms with van der Waals surface area (Å²) in [7, 11) is 0. The number of nitrogens with one attached hydrogen (secondary N) is 2. The summed E-state index contributed by atoms with van der Waals surface area (Å²) in [6.45, 7) is 5.24. The fraction of sp³-hybridized carbons (Fsp3) is 0.636. The molecule has 0 unspecified atom stereocenters. The lowest BCUT2D eigenvalue weighted by molar-refractivity contribution is -0.132. The van der Waals surface area contributed by atoms with Gasteiger partial charge >= 0.3 is 0 Å². The molecule has 28 heavy (non-hydrogen) atoms. The molecule has 1 aromatic rings. The average molecular weight is 498 g/mol. The van der Waals surface area contributed by atoms with Crippen LogP contribution >= 0.6 is 24.0 Å². The van der Waals surface area contributed by atoms with Crippen LogP contribution < -0.4 is 10.6 Å². The minimum absolute atomic E-state index is 0. The van der Waals surface area contributed by atoms with Crippen molar-refractivity contribution in [2.75, 3.05) is 19.6 Å². The maximum atomic E-state index is 12.5. The molecule has 2 N–H and O–H groups in total. The molecule has 1 fully saturated rings. The first-order chi connectivity index (χ1) is 13.3. The van der Waals surface area contributed by atoms with E-state index in [9.17, 15) is 4.79 Å². The van der Waals surface area contributed by atoms with Crippen molar-refractivity contribution in [1.29, 1.82) is 0 Å². The summed E-state index contributed by atoms with van der Waals surface area (Å²) >= 11 is 0. The summed E-state index contributed by atoms with van der Waals surface area (Å²) in [6, 6.07) is 9.00. The summed E-state index contributed by atoms with van der Waals surface area (Å²) in [5.41, 5.74) is 2.68. The van der Waals surface area contributed by atoms with Gasteiger partial charge in [-0.2, -0.15) is 0 Å². The Hall–Kier alpha value is -1.31. The topological polar surface area (TPSA) is 56.7 Å². The van der Waals surface area contributed by atoms with Crippen LogP contribution in [0.15, 0.2) is 29.3 Å². The standard InChI is InChI=1S/C22H34N4O.HI/c1-2-23-22(25-20-11-4-3-5-12-20)24-15-8-13-21(27)26-16-14-18-9-6-7-10-19(18)17-26;/h6-7,9-10,20H,2-5,8,11-17H2,1H3,(H2,23,24,25);1H. The summed E-state index contributed by atoms with van der Waals surface area (Å²) in [5, 5.41) is 6.90. The number of carbonyl (C=O) groups is 1. The minimum atomic E-state index is 0. The largest absolute Gasteiger partial charge is 0.357 e. The smallest absolute Gasteiger partial charge is 0.222 e. The number of fused-ring (bicyclic) bond motifs is 1. The second-order valence-corrected chi connectivity index (χ2v) is 7.68. The second kappa shape index (κ2) is 12.3. The Morgan fingerprint density at radius 1 is 1.18 bits per heavy atom. The van der Waals surface area contributed by atoms with Gasteiger partial charge in [0.15, 0.2) is 5.96 Å². The van der Waals surface area contributed by atoms with Gasteiger partial charge in [-0.3, -0.25) is 9.79 Å². The molecule has 1 aliphatic heterocycles. The number of carbonyl (C=O) groups excluding carboxylic acids is 1. The number of benzene rings is 1. The summed E-state index contributed by atoms with van der Waals surface area (Å²) in [4.78, 5) is 19.2. The Balaban J connectivity index is 0.00000280. The third-order valence-corrected chi connectivity index (χ3v) is 5.59. The van der Waals surface area contributed by atoms with E-state index in [1.54, 1.807) is 0 Å². The zero-order chi connectivity index (χ0) is 18.9. The molecule has 1 saturated carbocycles. The number of amides is 1. The monoisotopic (exact) mass is 498 g/mol. The first kappa shape index (κ1) is 23.0. The molecule has 0 atom stereocenters. The van der Waals surface area contributed by atoms with Crippen LogP contribution in [0.5, 0.6) is 0 Å². The first-order valence-electron chi connectivity index (χ1n) is 10.7. The number of hydrogen-bond acceptors (Lipinski definition) is 2. The van der Waals surface area contributed by atoms with Crippen molar-refractivity contribution in [3.63, 3.8) is 0 Å². The molecule has 0 bridgehead atoms. The van der Waals surface area contributed by atoms with Crippen molar-refractivity contribution in [2.45, 2.75) is 70.9 Å². The van der Waals surface area contributed by atoms with Gasteiger partial charge in [0.1, 0.15) is 0 Å². The van der Waals surface area contributed by atoms with E-state index in [0.29, 0.717) is 19.0 Å². The van der Waals surface area contributed by atoms with Crippen molar-refractivity contribution < 1.29 is 4.79 Å². The normalized spacial score (nSPS) is 17.5. The van der Waals surface area contributed by atoms with Gasteiger partial charge < -0.3 is 15.5 Å². The van der Waals surface area contributed by atoms with Gasteiger partial charge in [-0.15, -0.1) is 24.0 Å². The number of nitrogens with zero attached hydrogens (tertiary/aromatic N) is 2. The lowest BCUT2D eigenvalue weighted by Gasteiger charge is -2.29. The lowest BCUT2D eigenvalue weighted by Crippen LogP contribution is -2.44. The van der Waals surface area contributed by atoms with Crippen LogP contribution in [0.25, 0.3) is 0 Å². The minimum Gasteiger partial charge on any atom is -0.357 e. The van der Waals surface area contributed by atoms with Crippen molar-refractivity contribution in [2.24, 2.45) is 4.99 Å². The highest BCUT2D eigenvalue weighted by atomic mass is 127. The van der Waals surface area contributed by atoms with Gasteiger partial charge in [-0.05, 0) is 43.7 Å². The van der Waals surface area contributed by atoms with Crippen molar-refractivity contribution in [3.8, 4) is 0 Å². The molecule has 1 aliphatic carbocycles.